The van der Waals surface area contributed by atoms with Gasteiger partial charge in [-0.2, -0.15) is 0 Å². The molecule has 1 fully saturated rings. The maximum atomic E-state index is 13.4. The van der Waals surface area contributed by atoms with Crippen LogP contribution in [-0.4, -0.2) is 48.7 Å². The molecule has 5 heterocycles. The Bertz CT molecular complexity index is 1600. The number of anilines is 1. The summed E-state index contributed by atoms with van der Waals surface area (Å²) in [6, 6.07) is 6.11. The van der Waals surface area contributed by atoms with Gasteiger partial charge < -0.3 is 14.2 Å². The van der Waals surface area contributed by atoms with Gasteiger partial charge in [0.25, 0.3) is 5.78 Å². The van der Waals surface area contributed by atoms with Gasteiger partial charge in [-0.3, -0.25) is 19.5 Å². The van der Waals surface area contributed by atoms with Gasteiger partial charge >= 0.3 is 11.9 Å². The second-order valence-electron chi connectivity index (χ2n) is 8.52. The molecule has 1 aliphatic rings. The Kier molecular flexibility index (Phi) is 6.08. The number of aryl methyl sites for hydroxylation is 3. The van der Waals surface area contributed by atoms with Crippen molar-refractivity contribution in [2.75, 3.05) is 11.5 Å². The fraction of sp³-hybridized carbons (Fsp3) is 0.231. The van der Waals surface area contributed by atoms with Crippen molar-refractivity contribution in [2.24, 2.45) is 0 Å². The molecule has 10 nitrogen and oxygen atoms in total. The number of fused-ring (bicyclic) bond motifs is 1. The number of aliphatic hydroxyl groups is 1. The maximum Gasteiger partial charge on any atom is 0.350 e. The molecule has 4 aromatic rings. The number of imidazole rings is 1. The van der Waals surface area contributed by atoms with E-state index in [2.05, 4.69) is 15.0 Å². The number of esters is 1. The number of ketones is 1. The monoisotopic (exact) mass is 517 g/mol. The fourth-order valence-corrected chi connectivity index (χ4v) is 5.42. The quantitative estimate of drug-likeness (QED) is 0.183. The van der Waals surface area contributed by atoms with Gasteiger partial charge in [-0.15, -0.1) is 0 Å². The van der Waals surface area contributed by atoms with E-state index >= 15 is 0 Å². The lowest BCUT2D eigenvalue weighted by Crippen LogP contribution is -2.29. The smallest absolute Gasteiger partial charge is 0.350 e. The highest BCUT2D eigenvalue weighted by Gasteiger charge is 2.49. The average Bonchev–Trinajstić information content (AvgIpc) is 3.52. The van der Waals surface area contributed by atoms with Gasteiger partial charge in [-0.1, -0.05) is 23.5 Å². The molecule has 1 N–H and O–H groups in total. The third-order valence-corrected chi connectivity index (χ3v) is 7.34. The van der Waals surface area contributed by atoms with Crippen molar-refractivity contribution in [3.63, 3.8) is 0 Å². The largest absolute Gasteiger partial charge is 0.505 e. The minimum absolute atomic E-state index is 0.132. The second-order valence-corrected chi connectivity index (χ2v) is 9.50. The molecule has 1 amide bonds. The van der Waals surface area contributed by atoms with Crippen molar-refractivity contribution in [1.29, 1.82) is 0 Å². The molecular formula is C26H23N5O5S. The van der Waals surface area contributed by atoms with Crippen LogP contribution in [0.2, 0.25) is 0 Å². The summed E-state index contributed by atoms with van der Waals surface area (Å²) >= 11 is 0.950. The van der Waals surface area contributed by atoms with Crippen LogP contribution in [0.1, 0.15) is 50.8 Å². The van der Waals surface area contributed by atoms with Crippen molar-refractivity contribution in [3.8, 4) is 0 Å². The van der Waals surface area contributed by atoms with Crippen LogP contribution in [-0.2, 0) is 14.3 Å². The van der Waals surface area contributed by atoms with Crippen LogP contribution in [0.25, 0.3) is 11.4 Å². The third kappa shape index (κ3) is 3.87. The maximum absolute atomic E-state index is 13.4. The van der Waals surface area contributed by atoms with E-state index in [4.69, 9.17) is 4.74 Å². The zero-order valence-electron chi connectivity index (χ0n) is 20.6. The number of carbonyl (C=O) groups is 3. The normalized spacial score (nSPS) is 17.1. The number of nitrogens with zero attached hydrogens (tertiary/aromatic N) is 5. The van der Waals surface area contributed by atoms with Crippen molar-refractivity contribution in [2.45, 2.75) is 33.7 Å². The molecule has 1 aliphatic heterocycles. The lowest BCUT2D eigenvalue weighted by molar-refractivity contribution is -0.132. The van der Waals surface area contributed by atoms with E-state index in [0.717, 1.165) is 16.9 Å². The Morgan fingerprint density at radius 1 is 1.16 bits per heavy atom. The van der Waals surface area contributed by atoms with Crippen LogP contribution in [0.4, 0.5) is 5.13 Å². The summed E-state index contributed by atoms with van der Waals surface area (Å²) in [4.78, 5) is 53.8. The molecule has 1 atom stereocenters. The zero-order valence-corrected chi connectivity index (χ0v) is 21.4. The van der Waals surface area contributed by atoms with Crippen LogP contribution in [0.3, 0.4) is 0 Å². The number of rotatable bonds is 5. The van der Waals surface area contributed by atoms with Crippen LogP contribution in [0.15, 0.2) is 48.4 Å². The van der Waals surface area contributed by atoms with Crippen LogP contribution >= 0.6 is 11.3 Å². The third-order valence-electron chi connectivity index (χ3n) is 6.21. The number of aromatic nitrogens is 4. The molecule has 0 aromatic carbocycles. The minimum Gasteiger partial charge on any atom is -0.505 e. The number of Topliss-reactive ketones (excluding diaryl/α,β-unsaturated/α-hetero) is 1. The average molecular weight is 518 g/mol. The number of aliphatic hydroxyl groups excluding tert-OH is 1. The molecule has 188 valence electrons. The van der Waals surface area contributed by atoms with E-state index < -0.39 is 29.5 Å². The highest BCUT2D eigenvalue weighted by atomic mass is 32.1. The molecule has 1 unspecified atom stereocenters. The van der Waals surface area contributed by atoms with E-state index in [0.29, 0.717) is 22.6 Å². The molecular weight excluding hydrogens is 494 g/mol. The number of amides is 1. The number of hydrogen-bond donors (Lipinski definition) is 1. The highest BCUT2D eigenvalue weighted by Crippen LogP contribution is 2.44. The minimum atomic E-state index is -1.03. The summed E-state index contributed by atoms with van der Waals surface area (Å²) in [5.74, 6) is -2.72. The van der Waals surface area contributed by atoms with Crippen molar-refractivity contribution >= 4 is 45.5 Å². The molecule has 11 heteroatoms. The Hall–Kier alpha value is -4.38. The van der Waals surface area contributed by atoms with E-state index in [1.165, 1.54) is 11.1 Å². The second kappa shape index (κ2) is 9.25. The lowest BCUT2D eigenvalue weighted by atomic mass is 9.97. The summed E-state index contributed by atoms with van der Waals surface area (Å²) in [7, 11) is 0. The van der Waals surface area contributed by atoms with E-state index in [1.807, 2.05) is 29.7 Å². The first kappa shape index (κ1) is 24.3. The van der Waals surface area contributed by atoms with Gasteiger partial charge in [0.2, 0.25) is 0 Å². The van der Waals surface area contributed by atoms with E-state index in [1.54, 1.807) is 39.1 Å². The van der Waals surface area contributed by atoms with Gasteiger partial charge in [-0.05, 0) is 51.0 Å². The Balaban J connectivity index is 1.72. The van der Waals surface area contributed by atoms with Crippen molar-refractivity contribution in [3.05, 3.63) is 81.5 Å². The number of hydrogen-bond acceptors (Lipinski definition) is 9. The highest BCUT2D eigenvalue weighted by molar-refractivity contribution is 7.17. The SMILES string of the molecule is CCOC(=O)c1sc(N2C(=O)C(=O)C(=C(O)c3nc4c(C)cccn4c3C)C2c2cccnc2)nc1C. The van der Waals surface area contributed by atoms with Crippen LogP contribution in [0.5, 0.6) is 0 Å². The molecule has 0 saturated carbocycles. The van der Waals surface area contributed by atoms with Crippen LogP contribution < -0.4 is 4.90 Å². The number of pyridine rings is 2. The first-order valence-corrected chi connectivity index (χ1v) is 12.4. The van der Waals surface area contributed by atoms with Crippen molar-refractivity contribution in [1.82, 2.24) is 19.4 Å². The summed E-state index contributed by atoms with van der Waals surface area (Å²) in [5.41, 5.74) is 3.06. The van der Waals surface area contributed by atoms with Crippen LogP contribution in [0, 0.1) is 20.8 Å². The molecule has 0 radical (unpaired) electrons. The molecule has 1 saturated heterocycles. The number of carbonyl (C=O) groups excluding carboxylic acids is 3. The first-order valence-electron chi connectivity index (χ1n) is 11.5. The fourth-order valence-electron chi connectivity index (χ4n) is 4.43. The summed E-state index contributed by atoms with van der Waals surface area (Å²) in [6.45, 7) is 7.18. The summed E-state index contributed by atoms with van der Waals surface area (Å²) < 4.78 is 6.92. The first-order chi connectivity index (χ1) is 17.7. The van der Waals surface area contributed by atoms with E-state index in [-0.39, 0.29) is 27.9 Å². The number of ether oxygens (including phenoxy) is 1. The molecule has 0 bridgehead atoms. The molecule has 5 rings (SSSR count). The lowest BCUT2D eigenvalue weighted by Gasteiger charge is -2.22. The van der Waals surface area contributed by atoms with Gasteiger partial charge in [0.1, 0.15) is 16.2 Å². The molecule has 4 aromatic heterocycles. The molecule has 0 aliphatic carbocycles. The standard InChI is InChI=1S/C26H23N5O5S/c1-5-36-25(35)22-14(3)28-26(37-22)31-19(16-9-6-10-27-12-16)17(21(33)24(31)34)20(32)18-15(4)30-11-7-8-13(2)23(30)29-18/h6-12,19,32H,5H2,1-4H3. The Morgan fingerprint density at radius 3 is 2.62 bits per heavy atom. The summed E-state index contributed by atoms with van der Waals surface area (Å²) in [5, 5.41) is 11.6. The predicted octanol–water partition coefficient (Wildman–Crippen LogP) is 3.91. The Labute approximate surface area is 215 Å². The topological polar surface area (TPSA) is 127 Å². The zero-order chi connectivity index (χ0) is 26.4. The summed E-state index contributed by atoms with van der Waals surface area (Å²) in [6.07, 6.45) is 4.90. The van der Waals surface area contributed by atoms with Gasteiger partial charge in [0, 0.05) is 18.6 Å². The number of thiazole rings is 1. The Morgan fingerprint density at radius 2 is 1.95 bits per heavy atom. The van der Waals surface area contributed by atoms with Gasteiger partial charge in [0.05, 0.1) is 29.6 Å². The van der Waals surface area contributed by atoms with Gasteiger partial charge in [0.15, 0.2) is 10.9 Å². The predicted molar refractivity (Wildman–Crippen MR) is 136 cm³/mol. The van der Waals surface area contributed by atoms with Crippen molar-refractivity contribution < 1.29 is 24.2 Å². The van der Waals surface area contributed by atoms with Gasteiger partial charge in [-0.25, -0.2) is 14.8 Å². The van der Waals surface area contributed by atoms with E-state index in [9.17, 15) is 19.5 Å². The molecule has 37 heavy (non-hydrogen) atoms. The molecule has 0 spiro atoms.